The Kier molecular flexibility index (Phi) is 9.45. The van der Waals surface area contributed by atoms with Gasteiger partial charge in [-0.25, -0.2) is 4.79 Å². The maximum Gasteiger partial charge on any atom is 0.387 e. The van der Waals surface area contributed by atoms with Crippen molar-refractivity contribution in [3.63, 3.8) is 0 Å². The van der Waals surface area contributed by atoms with Gasteiger partial charge in [-0.1, -0.05) is 25.4 Å². The van der Waals surface area contributed by atoms with Gasteiger partial charge in [-0.15, -0.1) is 0 Å². The van der Waals surface area contributed by atoms with Gasteiger partial charge in [-0.3, -0.25) is 14.4 Å². The molecule has 1 amide bonds. The van der Waals surface area contributed by atoms with Crippen LogP contribution in [0.25, 0.3) is 0 Å². The van der Waals surface area contributed by atoms with Crippen LogP contribution in [0, 0.1) is 0 Å². The van der Waals surface area contributed by atoms with Gasteiger partial charge in [-0.05, 0) is 56.7 Å². The molecule has 2 aromatic rings. The number of hydrogen-bond donors (Lipinski definition) is 1. The summed E-state index contributed by atoms with van der Waals surface area (Å²) in [5.74, 6) is -0.799. The molecular formula is C27H35ClF2N4O5. The van der Waals surface area contributed by atoms with Crippen LogP contribution in [0.4, 0.5) is 14.5 Å². The molecule has 2 unspecified atom stereocenters. The monoisotopic (exact) mass is 568 g/mol. The fourth-order valence-corrected chi connectivity index (χ4v) is 5.54. The summed E-state index contributed by atoms with van der Waals surface area (Å²) in [6, 6.07) is 6.21. The fourth-order valence-electron chi connectivity index (χ4n) is 5.38. The molecule has 0 bridgehead atoms. The Balaban J connectivity index is 1.54. The highest BCUT2D eigenvalue weighted by molar-refractivity contribution is 6.30. The van der Waals surface area contributed by atoms with Crippen LogP contribution in [0.15, 0.2) is 30.5 Å². The second-order valence-electron chi connectivity index (χ2n) is 10.2. The lowest BCUT2D eigenvalue weighted by Gasteiger charge is -2.45. The maximum absolute atomic E-state index is 14.0. The first-order valence-corrected chi connectivity index (χ1v) is 13.6. The van der Waals surface area contributed by atoms with E-state index in [1.54, 1.807) is 17.8 Å². The van der Waals surface area contributed by atoms with Gasteiger partial charge in [0.15, 0.2) is 11.9 Å². The molecule has 2 fully saturated rings. The molecule has 0 radical (unpaired) electrons. The number of benzene rings is 1. The number of ether oxygens (including phenoxy) is 3. The molecule has 0 spiro atoms. The molecule has 2 atom stereocenters. The average molecular weight is 569 g/mol. The quantitative estimate of drug-likeness (QED) is 0.434. The number of nitrogens with zero attached hydrogens (tertiary/aromatic N) is 3. The van der Waals surface area contributed by atoms with Crippen LogP contribution in [-0.4, -0.2) is 71.6 Å². The molecule has 0 saturated carbocycles. The van der Waals surface area contributed by atoms with E-state index in [9.17, 15) is 18.4 Å². The van der Waals surface area contributed by atoms with Gasteiger partial charge in [0.05, 0.1) is 18.9 Å². The van der Waals surface area contributed by atoms with Crippen molar-refractivity contribution < 1.29 is 32.6 Å². The first-order valence-electron chi connectivity index (χ1n) is 13.3. The predicted molar refractivity (Wildman–Crippen MR) is 141 cm³/mol. The van der Waals surface area contributed by atoms with Crippen LogP contribution in [-0.2, 0) is 24.6 Å². The minimum Gasteiger partial charge on any atom is -0.464 e. The third-order valence-corrected chi connectivity index (χ3v) is 7.68. The minimum absolute atomic E-state index is 0.106. The number of nitrogens with one attached hydrogen (secondary N) is 1. The third kappa shape index (κ3) is 6.53. The summed E-state index contributed by atoms with van der Waals surface area (Å²) in [6.07, 6.45) is 3.37. The van der Waals surface area contributed by atoms with Crippen LogP contribution in [0.2, 0.25) is 5.02 Å². The molecule has 2 aliphatic rings. The minimum atomic E-state index is -3.07. The summed E-state index contributed by atoms with van der Waals surface area (Å²) < 4.78 is 43.4. The standard InChI is InChI=1S/C27H35ClF2N4O5/c1-4-37-24(35)22-8-6-19(16-38-22)33-13-10-27(11-14-33,34-21(17(2)3)9-12-31-34)25(36)32-20-7-5-18(28)15-23(20)39-26(29)30/h5,7,9,12,15,17,19,22,26H,4,6,8,10-11,13-14,16H2,1-3H3,(H,32,36). The molecule has 1 aromatic carbocycles. The Morgan fingerprint density at radius 1 is 1.23 bits per heavy atom. The highest BCUT2D eigenvalue weighted by Gasteiger charge is 2.47. The second-order valence-corrected chi connectivity index (χ2v) is 10.6. The number of hydrogen-bond acceptors (Lipinski definition) is 7. The van der Waals surface area contributed by atoms with Crippen molar-refractivity contribution in [1.82, 2.24) is 14.7 Å². The summed E-state index contributed by atoms with van der Waals surface area (Å²) in [5.41, 5.74) is -0.0443. The van der Waals surface area contributed by atoms with E-state index in [1.165, 1.54) is 18.2 Å². The van der Waals surface area contributed by atoms with Crippen LogP contribution in [0.5, 0.6) is 5.75 Å². The van der Waals surface area contributed by atoms with Crippen LogP contribution >= 0.6 is 11.6 Å². The highest BCUT2D eigenvalue weighted by Crippen LogP contribution is 2.38. The maximum atomic E-state index is 14.0. The lowest BCUT2D eigenvalue weighted by Crippen LogP contribution is -2.57. The topological polar surface area (TPSA) is 94.9 Å². The number of esters is 1. The summed E-state index contributed by atoms with van der Waals surface area (Å²) >= 11 is 5.99. The molecule has 2 saturated heterocycles. The molecule has 1 aromatic heterocycles. The van der Waals surface area contributed by atoms with Gasteiger partial charge in [0.2, 0.25) is 0 Å². The number of rotatable bonds is 9. The van der Waals surface area contributed by atoms with Gasteiger partial charge >= 0.3 is 12.6 Å². The molecule has 0 aliphatic carbocycles. The van der Waals surface area contributed by atoms with Crippen LogP contribution < -0.4 is 10.1 Å². The van der Waals surface area contributed by atoms with Crippen molar-refractivity contribution >= 4 is 29.2 Å². The molecule has 39 heavy (non-hydrogen) atoms. The van der Waals surface area contributed by atoms with E-state index in [2.05, 4.69) is 20.1 Å². The van der Waals surface area contributed by atoms with E-state index >= 15 is 0 Å². The number of amides is 1. The molecule has 9 nitrogen and oxygen atoms in total. The zero-order chi connectivity index (χ0) is 28.2. The predicted octanol–water partition coefficient (Wildman–Crippen LogP) is 4.80. The normalized spacial score (nSPS) is 21.6. The van der Waals surface area contributed by atoms with Crippen molar-refractivity contribution in [3.8, 4) is 5.75 Å². The van der Waals surface area contributed by atoms with E-state index in [0.717, 1.165) is 12.1 Å². The Bertz CT molecular complexity index is 1140. The molecule has 3 heterocycles. The number of aromatic nitrogens is 2. The fraction of sp³-hybridized carbons (Fsp3) is 0.593. The second kappa shape index (κ2) is 12.6. The Morgan fingerprint density at radius 2 is 1.97 bits per heavy atom. The number of likely N-dealkylation sites (tertiary alicyclic amines) is 1. The van der Waals surface area contributed by atoms with E-state index in [1.807, 2.05) is 19.9 Å². The highest BCUT2D eigenvalue weighted by atomic mass is 35.5. The number of piperidine rings is 1. The van der Waals surface area contributed by atoms with Crippen molar-refractivity contribution in [2.45, 2.75) is 76.7 Å². The van der Waals surface area contributed by atoms with Crippen molar-refractivity contribution in [2.24, 2.45) is 0 Å². The van der Waals surface area contributed by atoms with Gasteiger partial charge in [0.25, 0.3) is 5.91 Å². The molecule has 12 heteroatoms. The Morgan fingerprint density at radius 3 is 2.59 bits per heavy atom. The largest absolute Gasteiger partial charge is 0.464 e. The number of carbonyl (C=O) groups excluding carboxylic acids is 2. The van der Waals surface area contributed by atoms with Crippen molar-refractivity contribution in [2.75, 3.05) is 31.6 Å². The summed E-state index contributed by atoms with van der Waals surface area (Å²) in [7, 11) is 0. The van der Waals surface area contributed by atoms with Crippen LogP contribution in [0.1, 0.15) is 58.1 Å². The first-order chi connectivity index (χ1) is 18.6. The number of halogens is 3. The van der Waals surface area contributed by atoms with Crippen molar-refractivity contribution in [1.29, 1.82) is 0 Å². The number of carbonyl (C=O) groups is 2. The average Bonchev–Trinajstić information content (AvgIpc) is 3.41. The van der Waals surface area contributed by atoms with Gasteiger partial charge < -0.3 is 19.5 Å². The van der Waals surface area contributed by atoms with Crippen molar-refractivity contribution in [3.05, 3.63) is 41.2 Å². The Labute approximate surface area is 231 Å². The molecule has 1 N–H and O–H groups in total. The zero-order valence-corrected chi connectivity index (χ0v) is 23.1. The lowest BCUT2D eigenvalue weighted by atomic mass is 9.84. The molecule has 214 valence electrons. The van der Waals surface area contributed by atoms with E-state index in [4.69, 9.17) is 21.1 Å². The molecule has 2 aliphatic heterocycles. The summed E-state index contributed by atoms with van der Waals surface area (Å²) in [6.45, 7) is 4.65. The lowest BCUT2D eigenvalue weighted by molar-refractivity contribution is -0.162. The third-order valence-electron chi connectivity index (χ3n) is 7.44. The Hall–Kier alpha value is -2.76. The van der Waals surface area contributed by atoms with E-state index in [-0.39, 0.29) is 40.3 Å². The summed E-state index contributed by atoms with van der Waals surface area (Å²) in [4.78, 5) is 28.3. The zero-order valence-electron chi connectivity index (χ0n) is 22.4. The summed E-state index contributed by atoms with van der Waals surface area (Å²) in [5, 5.41) is 7.58. The van der Waals surface area contributed by atoms with Crippen LogP contribution in [0.3, 0.4) is 0 Å². The SMILES string of the molecule is CCOC(=O)C1CCC(N2CCC(C(=O)Nc3ccc(Cl)cc3OC(F)F)(n3nccc3C(C)C)CC2)CO1. The van der Waals surface area contributed by atoms with Gasteiger partial charge in [0.1, 0.15) is 5.54 Å². The van der Waals surface area contributed by atoms with Gasteiger partial charge in [0, 0.05) is 42.1 Å². The van der Waals surface area contributed by atoms with Gasteiger partial charge in [-0.2, -0.15) is 13.9 Å². The van der Waals surface area contributed by atoms with E-state index in [0.29, 0.717) is 45.6 Å². The number of anilines is 1. The molecular weight excluding hydrogens is 534 g/mol. The number of alkyl halides is 2. The van der Waals surface area contributed by atoms with E-state index < -0.39 is 18.3 Å². The molecule has 4 rings (SSSR count). The smallest absolute Gasteiger partial charge is 0.387 e. The first kappa shape index (κ1) is 29.2.